The van der Waals surface area contributed by atoms with E-state index in [1.165, 1.54) is 24.5 Å². The number of aromatic nitrogens is 3. The number of aliphatic hydroxyl groups excluding tert-OH is 1. The molecule has 176 valence electrons. The van der Waals surface area contributed by atoms with Crippen LogP contribution in [0.1, 0.15) is 31.9 Å². The number of alkyl carbamates (subject to hydrolysis) is 1. The third kappa shape index (κ3) is 7.40. The van der Waals surface area contributed by atoms with Gasteiger partial charge < -0.3 is 20.5 Å². The number of rotatable bonds is 5. The number of aliphatic hydroxyl groups is 1. The van der Waals surface area contributed by atoms with E-state index < -0.39 is 17.5 Å². The summed E-state index contributed by atoms with van der Waals surface area (Å²) in [5.41, 5.74) is 1.26. The third-order valence-corrected chi connectivity index (χ3v) is 4.35. The first-order valence-electron chi connectivity index (χ1n) is 10.2. The lowest BCUT2D eigenvalue weighted by Crippen LogP contribution is -2.32. The topological polar surface area (TPSA) is 109 Å². The van der Waals surface area contributed by atoms with Crippen LogP contribution in [-0.2, 0) is 11.3 Å². The molecule has 0 spiro atoms. The van der Waals surface area contributed by atoms with Crippen LogP contribution in [0.25, 0.3) is 11.4 Å². The van der Waals surface area contributed by atoms with Crippen molar-refractivity contribution < 1.29 is 19.0 Å². The largest absolute Gasteiger partial charge is 0.444 e. The minimum absolute atomic E-state index is 0.00608. The van der Waals surface area contributed by atoms with Gasteiger partial charge in [0.05, 0.1) is 18.7 Å². The second-order valence-electron chi connectivity index (χ2n) is 8.12. The van der Waals surface area contributed by atoms with Crippen molar-refractivity contribution in [3.8, 4) is 23.2 Å². The predicted molar refractivity (Wildman–Crippen MR) is 127 cm³/mol. The molecule has 0 bridgehead atoms. The molecule has 3 rings (SSSR count). The highest BCUT2D eigenvalue weighted by Gasteiger charge is 2.15. The molecular weight excluding hydrogens is 461 g/mol. The van der Waals surface area contributed by atoms with E-state index in [2.05, 4.69) is 37.4 Å². The number of ether oxygens (including phenoxy) is 1. The zero-order chi connectivity index (χ0) is 24.7. The SMILES string of the molecule is CC(C)(C)OC(=O)NCC#Cc1cc(-c2ncnc(Nc3cc(Cl)cc(CO)c3)n2)ccc1F. The van der Waals surface area contributed by atoms with E-state index >= 15 is 0 Å². The van der Waals surface area contributed by atoms with Gasteiger partial charge in [-0.05, 0) is 62.7 Å². The first kappa shape index (κ1) is 24.9. The van der Waals surface area contributed by atoms with Crippen molar-refractivity contribution >= 4 is 29.3 Å². The lowest BCUT2D eigenvalue weighted by atomic mass is 10.1. The van der Waals surface area contributed by atoms with Gasteiger partial charge in [0.25, 0.3) is 0 Å². The van der Waals surface area contributed by atoms with Crippen LogP contribution in [0.2, 0.25) is 5.02 Å². The molecule has 0 saturated carbocycles. The summed E-state index contributed by atoms with van der Waals surface area (Å²) in [6.45, 7) is 5.09. The highest BCUT2D eigenvalue weighted by Crippen LogP contribution is 2.23. The van der Waals surface area contributed by atoms with Crippen LogP contribution in [0.3, 0.4) is 0 Å². The zero-order valence-corrected chi connectivity index (χ0v) is 19.6. The Morgan fingerprint density at radius 2 is 2.00 bits per heavy atom. The molecule has 0 atom stereocenters. The molecule has 0 fully saturated rings. The molecule has 34 heavy (non-hydrogen) atoms. The summed E-state index contributed by atoms with van der Waals surface area (Å²) in [7, 11) is 0. The van der Waals surface area contributed by atoms with Crippen molar-refractivity contribution in [1.82, 2.24) is 20.3 Å². The van der Waals surface area contributed by atoms with Crippen molar-refractivity contribution in [3.63, 3.8) is 0 Å². The summed E-state index contributed by atoms with van der Waals surface area (Å²) in [5, 5.41) is 15.3. The Labute approximate surface area is 201 Å². The lowest BCUT2D eigenvalue weighted by molar-refractivity contribution is 0.0535. The maximum Gasteiger partial charge on any atom is 0.408 e. The molecule has 0 aliphatic carbocycles. The van der Waals surface area contributed by atoms with Crippen molar-refractivity contribution in [2.24, 2.45) is 0 Å². The van der Waals surface area contributed by atoms with E-state index in [1.807, 2.05) is 0 Å². The summed E-state index contributed by atoms with van der Waals surface area (Å²) in [6.07, 6.45) is 0.716. The molecule has 8 nitrogen and oxygen atoms in total. The minimum atomic E-state index is -0.621. The third-order valence-electron chi connectivity index (χ3n) is 4.14. The first-order chi connectivity index (χ1) is 16.1. The number of carbonyl (C=O) groups is 1. The van der Waals surface area contributed by atoms with E-state index in [9.17, 15) is 14.3 Å². The van der Waals surface area contributed by atoms with Gasteiger partial charge in [0.15, 0.2) is 5.82 Å². The van der Waals surface area contributed by atoms with Crippen LogP contribution in [0, 0.1) is 17.7 Å². The number of benzene rings is 2. The van der Waals surface area contributed by atoms with Crippen molar-refractivity contribution in [3.05, 3.63) is 64.7 Å². The van der Waals surface area contributed by atoms with Crippen molar-refractivity contribution in [1.29, 1.82) is 0 Å². The smallest absolute Gasteiger partial charge is 0.408 e. The van der Waals surface area contributed by atoms with E-state index in [0.717, 1.165) is 0 Å². The van der Waals surface area contributed by atoms with Crippen LogP contribution in [0.5, 0.6) is 0 Å². The van der Waals surface area contributed by atoms with Crippen molar-refractivity contribution in [2.45, 2.75) is 33.0 Å². The van der Waals surface area contributed by atoms with Gasteiger partial charge >= 0.3 is 6.09 Å². The standard InChI is InChI=1S/C24H23ClFN5O3/c1-24(2,3)34-23(33)27-8-4-5-16-11-17(6-7-20(16)26)21-28-14-29-22(31-21)30-19-10-15(13-32)9-18(25)12-19/h6-7,9-12,14,32H,8,13H2,1-3H3,(H,27,33)(H,28,29,30,31). The quantitative estimate of drug-likeness (QED) is 0.460. The molecule has 0 aliphatic rings. The highest BCUT2D eigenvalue weighted by atomic mass is 35.5. The maximum absolute atomic E-state index is 14.3. The average Bonchev–Trinajstić information content (AvgIpc) is 2.76. The van der Waals surface area contributed by atoms with Gasteiger partial charge in [0, 0.05) is 16.3 Å². The Balaban J connectivity index is 1.75. The van der Waals surface area contributed by atoms with Gasteiger partial charge in [-0.1, -0.05) is 23.4 Å². The van der Waals surface area contributed by atoms with Crippen LogP contribution >= 0.6 is 11.6 Å². The van der Waals surface area contributed by atoms with E-state index in [-0.39, 0.29) is 24.7 Å². The molecule has 3 N–H and O–H groups in total. The molecular formula is C24H23ClFN5O3. The molecule has 2 aromatic carbocycles. The fourth-order valence-electron chi connectivity index (χ4n) is 2.77. The highest BCUT2D eigenvalue weighted by molar-refractivity contribution is 6.30. The Morgan fingerprint density at radius 3 is 2.74 bits per heavy atom. The van der Waals surface area contributed by atoms with Gasteiger partial charge in [-0.25, -0.2) is 19.2 Å². The number of nitrogens with one attached hydrogen (secondary N) is 2. The van der Waals surface area contributed by atoms with Crippen LogP contribution in [0.15, 0.2) is 42.7 Å². The molecule has 10 heteroatoms. The molecule has 0 unspecified atom stereocenters. The van der Waals surface area contributed by atoms with Gasteiger partial charge in [-0.15, -0.1) is 0 Å². The van der Waals surface area contributed by atoms with Crippen LogP contribution in [-0.4, -0.2) is 38.3 Å². The Kier molecular flexibility index (Phi) is 7.99. The maximum atomic E-state index is 14.3. The van der Waals surface area contributed by atoms with Gasteiger partial charge in [0.1, 0.15) is 17.7 Å². The van der Waals surface area contributed by atoms with E-state index in [4.69, 9.17) is 16.3 Å². The number of carbonyl (C=O) groups excluding carboxylic acids is 1. The van der Waals surface area contributed by atoms with Gasteiger partial charge in [-0.3, -0.25) is 0 Å². The fraction of sp³-hybridized carbons (Fsp3) is 0.250. The molecule has 0 aliphatic heterocycles. The number of hydrogen-bond donors (Lipinski definition) is 3. The second-order valence-corrected chi connectivity index (χ2v) is 8.55. The summed E-state index contributed by atoms with van der Waals surface area (Å²) in [6, 6.07) is 9.34. The van der Waals surface area contributed by atoms with Crippen molar-refractivity contribution in [2.75, 3.05) is 11.9 Å². The Morgan fingerprint density at radius 1 is 1.21 bits per heavy atom. The molecule has 1 heterocycles. The summed E-state index contributed by atoms with van der Waals surface area (Å²) in [4.78, 5) is 24.3. The zero-order valence-electron chi connectivity index (χ0n) is 18.8. The first-order valence-corrected chi connectivity index (χ1v) is 10.6. The number of hydrogen-bond acceptors (Lipinski definition) is 7. The molecule has 0 radical (unpaired) electrons. The van der Waals surface area contributed by atoms with E-state index in [1.54, 1.807) is 39.0 Å². The van der Waals surface area contributed by atoms with Gasteiger partial charge in [0.2, 0.25) is 5.95 Å². The van der Waals surface area contributed by atoms with Crippen LogP contribution in [0.4, 0.5) is 20.8 Å². The lowest BCUT2D eigenvalue weighted by Gasteiger charge is -2.19. The summed E-state index contributed by atoms with van der Waals surface area (Å²) in [5.74, 6) is 5.42. The molecule has 1 aromatic heterocycles. The monoisotopic (exact) mass is 483 g/mol. The molecule has 1 amide bonds. The fourth-order valence-corrected chi connectivity index (χ4v) is 3.03. The van der Waals surface area contributed by atoms with Crippen LogP contribution < -0.4 is 10.6 Å². The Hall–Kier alpha value is -3.74. The predicted octanol–water partition coefficient (Wildman–Crippen LogP) is 4.44. The average molecular weight is 484 g/mol. The minimum Gasteiger partial charge on any atom is -0.444 e. The normalized spacial score (nSPS) is 10.8. The number of halogens is 2. The molecule has 3 aromatic rings. The summed E-state index contributed by atoms with van der Waals surface area (Å²) < 4.78 is 19.4. The van der Waals surface area contributed by atoms with Gasteiger partial charge in [-0.2, -0.15) is 4.98 Å². The molecule has 0 saturated heterocycles. The summed E-state index contributed by atoms with van der Waals surface area (Å²) >= 11 is 6.07. The Bertz CT molecular complexity index is 1250. The number of amides is 1. The number of nitrogens with zero attached hydrogens (tertiary/aromatic N) is 3. The second kappa shape index (κ2) is 10.9. The van der Waals surface area contributed by atoms with E-state index in [0.29, 0.717) is 27.7 Å². The number of anilines is 2.